The minimum absolute atomic E-state index is 0. The van der Waals surface area contributed by atoms with Gasteiger partial charge in [0.2, 0.25) is 0 Å². The molecule has 290 valence electrons. The van der Waals surface area contributed by atoms with Crippen LogP contribution in [0.5, 0.6) is 0 Å². The standard InChI is InChI=1S/C50H53.C2H6Si.2ClH.Zr/c1-4-35-26-40-11-7-13-43(39-19-21-41(22-20-39)50-28-32-23-33(29-50)25-34(24-32)30-50)47(40)48(35)49-44-14-8-12-42(38-17-15-36(16-18-38)31(2)3)46(44)27-45(49)37-9-5-6-10-37;1-3-2;;;/h7-8,11-22,26-27,31-34,37,49H,4-6,9-10,23-25,28-30H2,1-3H3;1-2H3;2*1H;/q-1;;;;+2/p-2. The zero-order valence-electron chi connectivity index (χ0n) is 34.2. The van der Waals surface area contributed by atoms with Crippen LogP contribution in [-0.4, -0.2) is 5.43 Å². The van der Waals surface area contributed by atoms with E-state index in [2.05, 4.69) is 131 Å². The van der Waals surface area contributed by atoms with Gasteiger partial charge in [0.15, 0.2) is 0 Å². The van der Waals surface area contributed by atoms with E-state index >= 15 is 0 Å². The maximum Gasteiger partial charge on any atom is -1.00 e. The molecule has 5 fully saturated rings. The van der Waals surface area contributed by atoms with Crippen LogP contribution in [-0.2, 0) is 35.2 Å². The second-order valence-corrected chi connectivity index (χ2v) is 28.0. The van der Waals surface area contributed by atoms with Gasteiger partial charge in [0.25, 0.3) is 0 Å². The molecule has 0 radical (unpaired) electrons. The third-order valence-electron chi connectivity index (χ3n) is 14.4. The monoisotopic (exact) mass is 871 g/mol. The summed E-state index contributed by atoms with van der Waals surface area (Å²) < 4.78 is 0. The molecule has 0 aromatic heterocycles. The summed E-state index contributed by atoms with van der Waals surface area (Å²) in [7, 11) is 0. The molecule has 4 heteroatoms. The minimum atomic E-state index is 0. The topological polar surface area (TPSA) is 0 Å². The zero-order valence-corrected chi connectivity index (χ0v) is 39.2. The maximum absolute atomic E-state index is 2.66. The van der Waals surface area contributed by atoms with Crippen molar-refractivity contribution in [2.45, 2.75) is 122 Å². The zero-order chi connectivity index (χ0) is 37.1. The van der Waals surface area contributed by atoms with Gasteiger partial charge in [-0.15, -0.1) is 40.1 Å². The Morgan fingerprint density at radius 3 is 1.89 bits per heavy atom. The van der Waals surface area contributed by atoms with E-state index in [1.807, 2.05) is 0 Å². The average molecular weight is 874 g/mol. The quantitative estimate of drug-likeness (QED) is 0.114. The summed E-state index contributed by atoms with van der Waals surface area (Å²) >= 11 is 1.74. The van der Waals surface area contributed by atoms with Gasteiger partial charge in [0.1, 0.15) is 0 Å². The first-order valence-electron chi connectivity index (χ1n) is 21.5. The van der Waals surface area contributed by atoms with Crippen LogP contribution in [0.15, 0.2) is 96.6 Å². The number of aryl methyl sites for hydroxylation is 1. The Bertz CT molecular complexity index is 2180. The minimum Gasteiger partial charge on any atom is -1.00 e. The summed E-state index contributed by atoms with van der Waals surface area (Å²) in [5.74, 6) is 4.47. The summed E-state index contributed by atoms with van der Waals surface area (Å²) in [4.78, 5) is 0. The van der Waals surface area contributed by atoms with E-state index in [9.17, 15) is 0 Å². The Morgan fingerprint density at radius 1 is 0.750 bits per heavy atom. The van der Waals surface area contributed by atoms with E-state index in [-0.39, 0.29) is 30.2 Å². The van der Waals surface area contributed by atoms with Crippen molar-refractivity contribution in [3.63, 3.8) is 0 Å². The molecule has 1 atom stereocenters. The van der Waals surface area contributed by atoms with Crippen LogP contribution in [0, 0.1) is 23.7 Å². The van der Waals surface area contributed by atoms with Gasteiger partial charge in [0, 0.05) is 0 Å². The van der Waals surface area contributed by atoms with Gasteiger partial charge < -0.3 is 24.8 Å². The van der Waals surface area contributed by atoms with Crippen LogP contribution in [0.1, 0.15) is 130 Å². The summed E-state index contributed by atoms with van der Waals surface area (Å²) in [6.45, 7) is 11.6. The van der Waals surface area contributed by atoms with Gasteiger partial charge >= 0.3 is 41.9 Å². The van der Waals surface area contributed by atoms with Crippen molar-refractivity contribution in [2.24, 2.45) is 23.7 Å². The molecule has 5 aromatic rings. The molecule has 4 bridgehead atoms. The van der Waals surface area contributed by atoms with Crippen molar-refractivity contribution in [1.82, 2.24) is 0 Å². The van der Waals surface area contributed by atoms with E-state index in [1.54, 1.807) is 40.0 Å². The molecule has 5 saturated carbocycles. The molecule has 0 spiro atoms. The van der Waals surface area contributed by atoms with Crippen LogP contribution >= 0.6 is 0 Å². The predicted molar refractivity (Wildman–Crippen MR) is 229 cm³/mol. The summed E-state index contributed by atoms with van der Waals surface area (Å²) in [6.07, 6.45) is 17.9. The molecule has 0 heterocycles. The predicted octanol–water partition coefficient (Wildman–Crippen LogP) is 8.56. The van der Waals surface area contributed by atoms with E-state index in [0.717, 1.165) is 24.2 Å². The number of hydrogen-bond donors (Lipinski definition) is 0. The second-order valence-electron chi connectivity index (χ2n) is 18.6. The van der Waals surface area contributed by atoms with Gasteiger partial charge in [-0.25, -0.2) is 0 Å². The third kappa shape index (κ3) is 7.73. The number of fused-ring (bicyclic) bond motifs is 2. The van der Waals surface area contributed by atoms with Crippen molar-refractivity contribution < 1.29 is 48.1 Å². The molecular weight excluding hydrogens is 815 g/mol. The molecule has 0 saturated heterocycles. The van der Waals surface area contributed by atoms with E-state index in [4.69, 9.17) is 0 Å². The molecule has 0 N–H and O–H groups in total. The molecule has 6 aliphatic rings. The van der Waals surface area contributed by atoms with Crippen molar-refractivity contribution in [3.05, 3.63) is 130 Å². The van der Waals surface area contributed by atoms with Crippen LogP contribution in [0.4, 0.5) is 0 Å². The number of halogens is 2. The number of allylic oxidation sites excluding steroid dienone is 1. The molecule has 5 aromatic carbocycles. The Kier molecular flexibility index (Phi) is 13.0. The third-order valence-corrected chi connectivity index (χ3v) is 14.4. The van der Waals surface area contributed by atoms with Crippen molar-refractivity contribution in [2.75, 3.05) is 0 Å². The fourth-order valence-electron chi connectivity index (χ4n) is 12.4. The number of hydrogen-bond acceptors (Lipinski definition) is 0. The first-order chi connectivity index (χ1) is 26.2. The Labute approximate surface area is 365 Å². The Hall–Kier alpha value is -2.09. The molecular formula is C52H59Cl2SiZr-. The number of benzene rings is 4. The fourth-order valence-corrected chi connectivity index (χ4v) is 12.4. The summed E-state index contributed by atoms with van der Waals surface area (Å²) in [5.41, 5.74) is 17.0. The van der Waals surface area contributed by atoms with E-state index in [0.29, 0.717) is 23.2 Å². The van der Waals surface area contributed by atoms with Gasteiger partial charge in [-0.05, 0) is 138 Å². The van der Waals surface area contributed by atoms with Crippen molar-refractivity contribution in [1.29, 1.82) is 0 Å². The average Bonchev–Trinajstić information content (AvgIpc) is 3.91. The summed E-state index contributed by atoms with van der Waals surface area (Å²) in [6, 6.07) is 36.3. The Morgan fingerprint density at radius 2 is 1.30 bits per heavy atom. The molecule has 6 aliphatic carbocycles. The normalized spacial score (nSPS) is 24.7. The van der Waals surface area contributed by atoms with Crippen LogP contribution in [0.2, 0.25) is 13.1 Å². The van der Waals surface area contributed by atoms with Crippen LogP contribution < -0.4 is 24.8 Å². The molecule has 11 rings (SSSR count). The number of rotatable bonds is 7. The van der Waals surface area contributed by atoms with E-state index in [1.165, 1.54) is 119 Å². The molecule has 0 aliphatic heterocycles. The SMILES string of the molecule is CCc1[cH-]c2cccc(-c3ccc(C45CC6CC(CC(C6)C4)C5)cc3)c2c1C1C(C2CCCC2)=Cc2c(-c3ccc(C(C)C)cc3)cccc21.C[Si](C)=[Zr+2].[Cl-].[Cl-]. The van der Waals surface area contributed by atoms with Gasteiger partial charge in [-0.1, -0.05) is 124 Å². The maximum atomic E-state index is 2.66. The molecule has 0 amide bonds. The first kappa shape index (κ1) is 42.0. The molecule has 1 unspecified atom stereocenters. The van der Waals surface area contributed by atoms with Crippen molar-refractivity contribution >= 4 is 22.3 Å². The van der Waals surface area contributed by atoms with Crippen molar-refractivity contribution in [3.8, 4) is 22.3 Å². The van der Waals surface area contributed by atoms with Gasteiger partial charge in [-0.3, -0.25) is 0 Å². The fraction of sp³-hybridized carbons (Fsp3) is 0.442. The van der Waals surface area contributed by atoms with Crippen LogP contribution in [0.3, 0.4) is 0 Å². The Balaban J connectivity index is 0.000000767. The molecule has 0 nitrogen and oxygen atoms in total. The van der Waals surface area contributed by atoms with Gasteiger partial charge in [0.05, 0.1) is 0 Å². The van der Waals surface area contributed by atoms with Gasteiger partial charge in [-0.2, -0.15) is 0 Å². The first-order valence-corrected chi connectivity index (χ1v) is 27.7. The smallest absolute Gasteiger partial charge is 1.00 e. The largest absolute Gasteiger partial charge is 1.00 e. The van der Waals surface area contributed by atoms with Crippen LogP contribution in [0.25, 0.3) is 39.1 Å². The summed E-state index contributed by atoms with van der Waals surface area (Å²) in [5, 5.41) is 2.92. The molecule has 56 heavy (non-hydrogen) atoms. The second kappa shape index (κ2) is 17.3. The van der Waals surface area contributed by atoms with E-state index < -0.39 is 0 Å².